The Bertz CT molecular complexity index is 1110. The summed E-state index contributed by atoms with van der Waals surface area (Å²) in [6.07, 6.45) is 1.48. The molecule has 170 valence electrons. The number of rotatable bonds is 9. The van der Waals surface area contributed by atoms with E-state index in [2.05, 4.69) is 4.98 Å². The van der Waals surface area contributed by atoms with Gasteiger partial charge in [-0.05, 0) is 74.5 Å². The first-order chi connectivity index (χ1) is 15.8. The molecule has 0 atom stereocenters. The van der Waals surface area contributed by atoms with Crippen LogP contribution in [-0.2, 0) is 14.3 Å². The Labute approximate surface area is 196 Å². The van der Waals surface area contributed by atoms with Crippen LogP contribution in [0.3, 0.4) is 0 Å². The fraction of sp³-hybridized carbons (Fsp3) is 0.200. The van der Waals surface area contributed by atoms with Gasteiger partial charge in [0, 0.05) is 22.3 Å². The van der Waals surface area contributed by atoms with E-state index in [1.54, 1.807) is 74.5 Å². The minimum absolute atomic E-state index is 0.112. The van der Waals surface area contributed by atoms with Gasteiger partial charge in [0.05, 0.1) is 0 Å². The molecule has 0 fully saturated rings. The third-order valence-electron chi connectivity index (χ3n) is 4.51. The Hall–Kier alpha value is -3.71. The van der Waals surface area contributed by atoms with Gasteiger partial charge in [0.1, 0.15) is 24.7 Å². The lowest BCUT2D eigenvalue weighted by molar-refractivity contribution is -0.160. The van der Waals surface area contributed by atoms with Crippen molar-refractivity contribution in [1.29, 1.82) is 0 Å². The van der Waals surface area contributed by atoms with E-state index in [0.717, 1.165) is 0 Å². The Morgan fingerprint density at radius 2 is 1.45 bits per heavy atom. The van der Waals surface area contributed by atoms with E-state index < -0.39 is 17.5 Å². The zero-order chi connectivity index (χ0) is 23.8. The quantitative estimate of drug-likeness (QED) is 0.259. The molecule has 0 bridgehead atoms. The number of hydrogen-bond donors (Lipinski definition) is 0. The van der Waals surface area contributed by atoms with E-state index in [4.69, 9.17) is 25.8 Å². The summed E-state index contributed by atoms with van der Waals surface area (Å²) in [5, 5.41) is 0.552. The van der Waals surface area contributed by atoms with Crippen LogP contribution in [0.5, 0.6) is 5.75 Å². The number of halogens is 1. The maximum Gasteiger partial charge on any atom is 0.357 e. The smallest absolute Gasteiger partial charge is 0.357 e. The van der Waals surface area contributed by atoms with Crippen molar-refractivity contribution < 1.29 is 28.6 Å². The van der Waals surface area contributed by atoms with Crippen molar-refractivity contribution in [2.75, 3.05) is 13.2 Å². The topological polar surface area (TPSA) is 91.8 Å². The van der Waals surface area contributed by atoms with Gasteiger partial charge in [-0.25, -0.2) is 14.6 Å². The Kier molecular flexibility index (Phi) is 7.79. The van der Waals surface area contributed by atoms with Crippen molar-refractivity contribution in [3.05, 3.63) is 94.8 Å². The second kappa shape index (κ2) is 10.7. The number of benzene rings is 2. The molecule has 0 unspecified atom stereocenters. The highest BCUT2D eigenvalue weighted by molar-refractivity contribution is 6.30. The Balaban J connectivity index is 1.49. The van der Waals surface area contributed by atoms with Crippen molar-refractivity contribution in [2.24, 2.45) is 0 Å². The van der Waals surface area contributed by atoms with Crippen molar-refractivity contribution in [2.45, 2.75) is 19.4 Å². The summed E-state index contributed by atoms with van der Waals surface area (Å²) >= 11 is 5.86. The van der Waals surface area contributed by atoms with E-state index >= 15 is 0 Å². The van der Waals surface area contributed by atoms with Crippen LogP contribution < -0.4 is 4.74 Å². The Morgan fingerprint density at radius 3 is 2.06 bits per heavy atom. The average molecular weight is 468 g/mol. The second-order valence-electron chi connectivity index (χ2n) is 7.46. The first kappa shape index (κ1) is 23.9. The van der Waals surface area contributed by atoms with Crippen molar-refractivity contribution in [1.82, 2.24) is 4.98 Å². The summed E-state index contributed by atoms with van der Waals surface area (Å²) in [5.74, 6) is -0.989. The molecule has 0 saturated carbocycles. The molecule has 0 radical (unpaired) electrons. The molecular formula is C25H22ClNO6. The molecule has 1 aromatic heterocycles. The summed E-state index contributed by atoms with van der Waals surface area (Å²) in [4.78, 5) is 40.7. The van der Waals surface area contributed by atoms with Gasteiger partial charge in [-0.2, -0.15) is 0 Å². The molecule has 0 aliphatic rings. The number of ketones is 1. The number of hydrogen-bond acceptors (Lipinski definition) is 7. The van der Waals surface area contributed by atoms with Crippen LogP contribution in [0.1, 0.15) is 40.3 Å². The van der Waals surface area contributed by atoms with Crippen LogP contribution in [0.25, 0.3) is 0 Å². The van der Waals surface area contributed by atoms with Gasteiger partial charge in [0.25, 0.3) is 0 Å². The van der Waals surface area contributed by atoms with Gasteiger partial charge in [-0.1, -0.05) is 17.7 Å². The molecule has 3 rings (SSSR count). The molecule has 1 heterocycles. The van der Waals surface area contributed by atoms with Crippen LogP contribution >= 0.6 is 11.6 Å². The predicted molar refractivity (Wildman–Crippen MR) is 122 cm³/mol. The lowest BCUT2D eigenvalue weighted by Crippen LogP contribution is -2.40. The van der Waals surface area contributed by atoms with Gasteiger partial charge in [0.2, 0.25) is 0 Å². The number of pyridine rings is 1. The zero-order valence-electron chi connectivity index (χ0n) is 18.1. The van der Waals surface area contributed by atoms with E-state index in [1.807, 2.05) is 0 Å². The van der Waals surface area contributed by atoms with Crippen LogP contribution in [0.4, 0.5) is 0 Å². The van der Waals surface area contributed by atoms with Crippen LogP contribution in [0.2, 0.25) is 5.02 Å². The number of ether oxygens (including phenoxy) is 3. The average Bonchev–Trinajstić information content (AvgIpc) is 2.82. The maximum atomic E-state index is 12.5. The normalized spacial score (nSPS) is 10.9. The molecular weight excluding hydrogens is 446 g/mol. The van der Waals surface area contributed by atoms with E-state index in [1.165, 1.54) is 12.3 Å². The van der Waals surface area contributed by atoms with Crippen molar-refractivity contribution >= 4 is 29.3 Å². The zero-order valence-corrected chi connectivity index (χ0v) is 18.9. The SMILES string of the molecule is CC(C)(Oc1ccc(C(=O)c2ccc(Cl)cc2)cc1)C(=O)OCCOC(=O)c1ccccn1. The van der Waals surface area contributed by atoms with Gasteiger partial charge in [0.15, 0.2) is 11.4 Å². The lowest BCUT2D eigenvalue weighted by Gasteiger charge is -2.24. The number of esters is 2. The summed E-state index contributed by atoms with van der Waals surface area (Å²) in [7, 11) is 0. The molecule has 8 heteroatoms. The minimum Gasteiger partial charge on any atom is -0.476 e. The summed E-state index contributed by atoms with van der Waals surface area (Å²) in [6, 6.07) is 17.9. The summed E-state index contributed by atoms with van der Waals surface area (Å²) in [5.41, 5.74) is -0.141. The fourth-order valence-electron chi connectivity index (χ4n) is 2.78. The third kappa shape index (κ3) is 6.63. The molecule has 33 heavy (non-hydrogen) atoms. The van der Waals surface area contributed by atoms with Crippen molar-refractivity contribution in [3.63, 3.8) is 0 Å². The molecule has 7 nitrogen and oxygen atoms in total. The highest BCUT2D eigenvalue weighted by Crippen LogP contribution is 2.22. The van der Waals surface area contributed by atoms with Gasteiger partial charge in [-0.3, -0.25) is 4.79 Å². The van der Waals surface area contributed by atoms with Crippen LogP contribution in [-0.4, -0.2) is 41.5 Å². The molecule has 3 aromatic rings. The second-order valence-corrected chi connectivity index (χ2v) is 7.90. The number of aromatic nitrogens is 1. The Morgan fingerprint density at radius 1 is 0.848 bits per heavy atom. The molecule has 0 amide bonds. The van der Waals surface area contributed by atoms with Crippen LogP contribution in [0, 0.1) is 0 Å². The van der Waals surface area contributed by atoms with Gasteiger partial charge in [-0.15, -0.1) is 0 Å². The fourth-order valence-corrected chi connectivity index (χ4v) is 2.90. The largest absolute Gasteiger partial charge is 0.476 e. The lowest BCUT2D eigenvalue weighted by atomic mass is 10.0. The molecule has 0 spiro atoms. The molecule has 0 aliphatic heterocycles. The molecule has 0 N–H and O–H groups in total. The standard InChI is InChI=1S/C25H22ClNO6/c1-25(2,24(30)32-16-15-31-23(29)21-5-3-4-14-27-21)33-20-12-8-18(9-13-20)22(28)17-6-10-19(26)11-7-17/h3-14H,15-16H2,1-2H3. The minimum atomic E-state index is -1.30. The highest BCUT2D eigenvalue weighted by Gasteiger charge is 2.32. The van der Waals surface area contributed by atoms with E-state index in [9.17, 15) is 14.4 Å². The number of carbonyl (C=O) groups is 3. The van der Waals surface area contributed by atoms with Crippen molar-refractivity contribution in [3.8, 4) is 5.75 Å². The predicted octanol–water partition coefficient (Wildman–Crippen LogP) is 4.52. The monoisotopic (exact) mass is 467 g/mol. The van der Waals surface area contributed by atoms with Gasteiger partial charge >= 0.3 is 11.9 Å². The molecule has 0 aliphatic carbocycles. The third-order valence-corrected chi connectivity index (χ3v) is 4.76. The van der Waals surface area contributed by atoms with Crippen LogP contribution in [0.15, 0.2) is 72.9 Å². The molecule has 0 saturated heterocycles. The van der Waals surface area contributed by atoms with E-state index in [0.29, 0.717) is 21.9 Å². The summed E-state index contributed by atoms with van der Waals surface area (Å²) < 4.78 is 15.9. The van der Waals surface area contributed by atoms with Gasteiger partial charge < -0.3 is 14.2 Å². The number of carbonyl (C=O) groups excluding carboxylic acids is 3. The first-order valence-electron chi connectivity index (χ1n) is 10.1. The van der Waals surface area contributed by atoms with E-state index in [-0.39, 0.29) is 24.7 Å². The highest BCUT2D eigenvalue weighted by atomic mass is 35.5. The number of nitrogens with zero attached hydrogens (tertiary/aromatic N) is 1. The maximum absolute atomic E-state index is 12.5. The summed E-state index contributed by atoms with van der Waals surface area (Å²) in [6.45, 7) is 2.88. The first-order valence-corrected chi connectivity index (χ1v) is 10.5. The molecule has 2 aromatic carbocycles.